The summed E-state index contributed by atoms with van der Waals surface area (Å²) >= 11 is 0. The van der Waals surface area contributed by atoms with E-state index in [2.05, 4.69) is 5.32 Å². The lowest BCUT2D eigenvalue weighted by Crippen LogP contribution is -2.13. The lowest BCUT2D eigenvalue weighted by Gasteiger charge is -2.10. The number of carbonyl (C=O) groups is 2. The summed E-state index contributed by atoms with van der Waals surface area (Å²) in [5.74, 6) is -0.0990. The molecule has 0 aromatic heterocycles. The molecule has 0 bridgehead atoms. The minimum atomic E-state index is -0.404. The monoisotopic (exact) mass is 299 g/mol. The number of hydrogen-bond acceptors (Lipinski definition) is 4. The second-order valence-corrected chi connectivity index (χ2v) is 4.45. The molecule has 5 heteroatoms. The van der Waals surface area contributed by atoms with E-state index in [1.54, 1.807) is 50.4 Å². The Labute approximate surface area is 128 Å². The van der Waals surface area contributed by atoms with Crippen LogP contribution in [0.25, 0.3) is 0 Å². The molecule has 0 fully saturated rings. The van der Waals surface area contributed by atoms with Crippen molar-refractivity contribution >= 4 is 17.6 Å². The Hall–Kier alpha value is -2.82. The molecule has 2 aromatic rings. The highest BCUT2D eigenvalue weighted by atomic mass is 16.5. The van der Waals surface area contributed by atoms with E-state index < -0.39 is 5.97 Å². The van der Waals surface area contributed by atoms with Gasteiger partial charge in [-0.1, -0.05) is 12.1 Å². The molecule has 114 valence electrons. The predicted molar refractivity (Wildman–Crippen MR) is 83.3 cm³/mol. The van der Waals surface area contributed by atoms with E-state index in [9.17, 15) is 9.59 Å². The van der Waals surface area contributed by atoms with Gasteiger partial charge in [-0.05, 0) is 43.3 Å². The number of anilines is 1. The van der Waals surface area contributed by atoms with Gasteiger partial charge in [0.25, 0.3) is 5.91 Å². The molecule has 1 N–H and O–H groups in total. The third-order valence-corrected chi connectivity index (χ3v) is 3.01. The Morgan fingerprint density at radius 3 is 2.27 bits per heavy atom. The Balaban J connectivity index is 2.11. The van der Waals surface area contributed by atoms with Crippen LogP contribution in [0.2, 0.25) is 0 Å². The molecule has 0 saturated carbocycles. The van der Waals surface area contributed by atoms with Crippen molar-refractivity contribution in [1.29, 1.82) is 0 Å². The first-order valence-corrected chi connectivity index (χ1v) is 6.87. The zero-order valence-electron chi connectivity index (χ0n) is 12.5. The molecule has 1 amide bonds. The summed E-state index contributed by atoms with van der Waals surface area (Å²) in [6.07, 6.45) is 0. The third-order valence-electron chi connectivity index (χ3n) is 3.01. The number of methoxy groups -OCH3 is 1. The predicted octanol–water partition coefficient (Wildman–Crippen LogP) is 3.12. The van der Waals surface area contributed by atoms with E-state index >= 15 is 0 Å². The second-order valence-electron chi connectivity index (χ2n) is 4.45. The number of ether oxygens (including phenoxy) is 2. The van der Waals surface area contributed by atoms with Crippen LogP contribution in [0.5, 0.6) is 5.75 Å². The zero-order chi connectivity index (χ0) is 15.9. The number of rotatable bonds is 5. The first-order valence-electron chi connectivity index (χ1n) is 6.87. The standard InChI is InChI=1S/C17H17NO4/c1-3-22-17(20)13-10-8-12(9-11-13)16(19)18-14-6-4-5-7-15(14)21-2/h4-11H,3H2,1-2H3,(H,18,19). The van der Waals surface area contributed by atoms with Crippen LogP contribution < -0.4 is 10.1 Å². The highest BCUT2D eigenvalue weighted by Gasteiger charge is 2.11. The zero-order valence-corrected chi connectivity index (χ0v) is 12.5. The van der Waals surface area contributed by atoms with Gasteiger partial charge >= 0.3 is 5.97 Å². The van der Waals surface area contributed by atoms with Crippen LogP contribution in [-0.4, -0.2) is 25.6 Å². The molecule has 0 spiro atoms. The van der Waals surface area contributed by atoms with Crippen LogP contribution in [0.15, 0.2) is 48.5 Å². The van der Waals surface area contributed by atoms with Gasteiger partial charge in [0.1, 0.15) is 5.75 Å². The summed E-state index contributed by atoms with van der Waals surface area (Å²) in [6, 6.07) is 13.4. The summed E-state index contributed by atoms with van der Waals surface area (Å²) in [5.41, 5.74) is 1.44. The smallest absolute Gasteiger partial charge is 0.338 e. The molecular formula is C17H17NO4. The van der Waals surface area contributed by atoms with E-state index in [1.165, 1.54) is 0 Å². The van der Waals surface area contributed by atoms with Gasteiger partial charge in [0.15, 0.2) is 0 Å². The van der Waals surface area contributed by atoms with E-state index in [-0.39, 0.29) is 5.91 Å². The second kappa shape index (κ2) is 7.26. The van der Waals surface area contributed by atoms with Crippen LogP contribution in [0.1, 0.15) is 27.6 Å². The Kier molecular flexibility index (Phi) is 5.14. The minimum Gasteiger partial charge on any atom is -0.495 e. The molecule has 0 saturated heterocycles. The lowest BCUT2D eigenvalue weighted by atomic mass is 10.1. The molecule has 2 rings (SSSR count). The van der Waals surface area contributed by atoms with Crippen molar-refractivity contribution < 1.29 is 19.1 Å². The molecule has 0 atom stereocenters. The third kappa shape index (κ3) is 3.63. The van der Waals surface area contributed by atoms with Crippen LogP contribution in [-0.2, 0) is 4.74 Å². The fourth-order valence-electron chi connectivity index (χ4n) is 1.91. The average Bonchev–Trinajstić information content (AvgIpc) is 2.55. The van der Waals surface area contributed by atoms with Crippen molar-refractivity contribution in [2.75, 3.05) is 19.0 Å². The topological polar surface area (TPSA) is 64.6 Å². The molecule has 0 aliphatic heterocycles. The molecule has 0 aliphatic carbocycles. The maximum Gasteiger partial charge on any atom is 0.338 e. The van der Waals surface area contributed by atoms with Gasteiger partial charge in [-0.15, -0.1) is 0 Å². The quantitative estimate of drug-likeness (QED) is 0.862. The number of para-hydroxylation sites is 2. The van der Waals surface area contributed by atoms with Gasteiger partial charge in [0.05, 0.1) is 25.0 Å². The first kappa shape index (κ1) is 15.6. The van der Waals surface area contributed by atoms with E-state index in [0.29, 0.717) is 29.2 Å². The normalized spacial score (nSPS) is 9.91. The van der Waals surface area contributed by atoms with Crippen LogP contribution >= 0.6 is 0 Å². The van der Waals surface area contributed by atoms with E-state index in [1.807, 2.05) is 12.1 Å². The Morgan fingerprint density at radius 2 is 1.64 bits per heavy atom. The molecule has 0 unspecified atom stereocenters. The van der Waals surface area contributed by atoms with Gasteiger partial charge in [-0.25, -0.2) is 4.79 Å². The summed E-state index contributed by atoms with van der Waals surface area (Å²) in [7, 11) is 1.54. The number of carbonyl (C=O) groups excluding carboxylic acids is 2. The fraction of sp³-hybridized carbons (Fsp3) is 0.176. The van der Waals surface area contributed by atoms with Crippen LogP contribution in [0.3, 0.4) is 0 Å². The van der Waals surface area contributed by atoms with Gasteiger partial charge in [0, 0.05) is 5.56 Å². The lowest BCUT2D eigenvalue weighted by molar-refractivity contribution is 0.0526. The van der Waals surface area contributed by atoms with Crippen LogP contribution in [0, 0.1) is 0 Å². The largest absolute Gasteiger partial charge is 0.495 e. The molecule has 22 heavy (non-hydrogen) atoms. The Bertz CT molecular complexity index is 665. The highest BCUT2D eigenvalue weighted by Crippen LogP contribution is 2.23. The van der Waals surface area contributed by atoms with Crippen LogP contribution in [0.4, 0.5) is 5.69 Å². The summed E-state index contributed by atoms with van der Waals surface area (Å²) in [4.78, 5) is 23.8. The van der Waals surface area contributed by atoms with Crippen molar-refractivity contribution in [1.82, 2.24) is 0 Å². The van der Waals surface area contributed by atoms with Crippen molar-refractivity contribution in [3.63, 3.8) is 0 Å². The molecular weight excluding hydrogens is 282 g/mol. The van der Waals surface area contributed by atoms with Crippen molar-refractivity contribution in [2.45, 2.75) is 6.92 Å². The SMILES string of the molecule is CCOC(=O)c1ccc(C(=O)Nc2ccccc2OC)cc1. The number of esters is 1. The van der Waals surface area contributed by atoms with Crippen molar-refractivity contribution in [2.24, 2.45) is 0 Å². The van der Waals surface area contributed by atoms with Crippen molar-refractivity contribution in [3.8, 4) is 5.75 Å². The van der Waals surface area contributed by atoms with Gasteiger partial charge in [0.2, 0.25) is 0 Å². The molecule has 5 nitrogen and oxygen atoms in total. The minimum absolute atomic E-state index is 0.278. The summed E-state index contributed by atoms with van der Waals surface area (Å²) < 4.78 is 10.1. The maximum atomic E-state index is 12.2. The van der Waals surface area contributed by atoms with Crippen molar-refractivity contribution in [3.05, 3.63) is 59.7 Å². The fourth-order valence-corrected chi connectivity index (χ4v) is 1.91. The maximum absolute atomic E-state index is 12.2. The summed E-state index contributed by atoms with van der Waals surface area (Å²) in [6.45, 7) is 2.06. The van der Waals surface area contributed by atoms with E-state index in [4.69, 9.17) is 9.47 Å². The molecule has 0 heterocycles. The molecule has 0 radical (unpaired) electrons. The number of nitrogens with one attached hydrogen (secondary N) is 1. The number of benzene rings is 2. The summed E-state index contributed by atoms with van der Waals surface area (Å²) in [5, 5.41) is 2.77. The van der Waals surface area contributed by atoms with Gasteiger partial charge in [-0.3, -0.25) is 4.79 Å². The van der Waals surface area contributed by atoms with Gasteiger partial charge in [-0.2, -0.15) is 0 Å². The van der Waals surface area contributed by atoms with E-state index in [0.717, 1.165) is 0 Å². The number of hydrogen-bond donors (Lipinski definition) is 1. The average molecular weight is 299 g/mol. The molecule has 2 aromatic carbocycles. The van der Waals surface area contributed by atoms with Gasteiger partial charge < -0.3 is 14.8 Å². The highest BCUT2D eigenvalue weighted by molar-refractivity contribution is 6.05. The molecule has 0 aliphatic rings. The number of amides is 1. The first-order chi connectivity index (χ1) is 10.7. The Morgan fingerprint density at radius 1 is 1.00 bits per heavy atom.